The van der Waals surface area contributed by atoms with Crippen LogP contribution in [-0.2, 0) is 13.1 Å². The minimum absolute atomic E-state index is 0.899. The van der Waals surface area contributed by atoms with E-state index in [1.807, 2.05) is 18.7 Å². The van der Waals surface area contributed by atoms with E-state index in [4.69, 9.17) is 0 Å². The lowest BCUT2D eigenvalue weighted by molar-refractivity contribution is 0.684. The van der Waals surface area contributed by atoms with Gasteiger partial charge in [-0.05, 0) is 13.0 Å². The van der Waals surface area contributed by atoms with Crippen molar-refractivity contribution in [1.29, 1.82) is 0 Å². The van der Waals surface area contributed by atoms with Crippen LogP contribution in [0.1, 0.15) is 25.1 Å². The van der Waals surface area contributed by atoms with Gasteiger partial charge in [-0.25, -0.2) is 9.97 Å². The number of nitrogens with zero attached hydrogens (tertiary/aromatic N) is 3. The first-order chi connectivity index (χ1) is 8.35. The van der Waals surface area contributed by atoms with Crippen LogP contribution in [0.25, 0.3) is 10.7 Å². The lowest BCUT2D eigenvalue weighted by Gasteiger charge is -2.02. The SMILES string of the molecule is CCCn1cncc1-c1ncc(CNCC)s1. The quantitative estimate of drug-likeness (QED) is 0.856. The lowest BCUT2D eigenvalue weighted by atomic mass is 10.4. The van der Waals surface area contributed by atoms with Crippen molar-refractivity contribution in [1.82, 2.24) is 19.9 Å². The summed E-state index contributed by atoms with van der Waals surface area (Å²) in [7, 11) is 0. The predicted octanol–water partition coefficient (Wildman–Crippen LogP) is 2.53. The van der Waals surface area contributed by atoms with E-state index in [1.165, 1.54) is 4.88 Å². The highest BCUT2D eigenvalue weighted by atomic mass is 32.1. The molecule has 4 nitrogen and oxygen atoms in total. The molecule has 0 spiro atoms. The van der Waals surface area contributed by atoms with Crippen LogP contribution in [0.4, 0.5) is 0 Å². The molecule has 0 saturated heterocycles. The van der Waals surface area contributed by atoms with Gasteiger partial charge in [0.15, 0.2) is 0 Å². The number of imidazole rings is 1. The molecule has 2 aromatic rings. The third kappa shape index (κ3) is 2.92. The maximum Gasteiger partial charge on any atom is 0.141 e. The average Bonchev–Trinajstić information content (AvgIpc) is 2.95. The Hall–Kier alpha value is -1.20. The predicted molar refractivity (Wildman–Crippen MR) is 71.0 cm³/mol. The summed E-state index contributed by atoms with van der Waals surface area (Å²) in [5, 5.41) is 4.37. The Morgan fingerprint density at radius 2 is 2.24 bits per heavy atom. The van der Waals surface area contributed by atoms with Crippen molar-refractivity contribution in [2.45, 2.75) is 33.4 Å². The van der Waals surface area contributed by atoms with Gasteiger partial charge in [-0.3, -0.25) is 0 Å². The molecule has 5 heteroatoms. The molecule has 0 unspecified atom stereocenters. The normalized spacial score (nSPS) is 10.9. The average molecular weight is 250 g/mol. The first-order valence-corrected chi connectivity index (χ1v) is 6.82. The molecule has 2 aromatic heterocycles. The second-order valence-corrected chi connectivity index (χ2v) is 5.00. The maximum absolute atomic E-state index is 4.47. The van der Waals surface area contributed by atoms with Gasteiger partial charge < -0.3 is 9.88 Å². The Balaban J connectivity index is 2.15. The minimum Gasteiger partial charge on any atom is -0.329 e. The van der Waals surface area contributed by atoms with Gasteiger partial charge in [-0.2, -0.15) is 0 Å². The molecule has 0 saturated carbocycles. The molecule has 0 aliphatic rings. The standard InChI is InChI=1S/C12H18N4S/c1-3-5-16-9-14-8-11(16)12-15-7-10(17-12)6-13-4-2/h7-9,13H,3-6H2,1-2H3. The van der Waals surface area contributed by atoms with Crippen LogP contribution in [0.5, 0.6) is 0 Å². The third-order valence-corrected chi connectivity index (χ3v) is 3.52. The van der Waals surface area contributed by atoms with Gasteiger partial charge in [0.25, 0.3) is 0 Å². The summed E-state index contributed by atoms with van der Waals surface area (Å²) in [5.74, 6) is 0. The summed E-state index contributed by atoms with van der Waals surface area (Å²) in [6.45, 7) is 7.16. The van der Waals surface area contributed by atoms with Gasteiger partial charge in [0.05, 0.1) is 18.2 Å². The van der Waals surface area contributed by atoms with Gasteiger partial charge in [-0.15, -0.1) is 11.3 Å². The number of rotatable bonds is 6. The highest BCUT2D eigenvalue weighted by molar-refractivity contribution is 7.15. The number of hydrogen-bond acceptors (Lipinski definition) is 4. The summed E-state index contributed by atoms with van der Waals surface area (Å²) >= 11 is 1.74. The molecule has 0 bridgehead atoms. The van der Waals surface area contributed by atoms with Crippen molar-refractivity contribution in [3.63, 3.8) is 0 Å². The van der Waals surface area contributed by atoms with E-state index >= 15 is 0 Å². The van der Waals surface area contributed by atoms with Gasteiger partial charge in [0, 0.05) is 24.2 Å². The number of thiazole rings is 1. The van der Waals surface area contributed by atoms with E-state index in [1.54, 1.807) is 11.3 Å². The van der Waals surface area contributed by atoms with Crippen LogP contribution in [0.3, 0.4) is 0 Å². The molecule has 2 heterocycles. The van der Waals surface area contributed by atoms with Crippen LogP contribution >= 0.6 is 11.3 Å². The van der Waals surface area contributed by atoms with Crippen molar-refractivity contribution in [3.8, 4) is 10.7 Å². The largest absolute Gasteiger partial charge is 0.329 e. The van der Waals surface area contributed by atoms with Crippen molar-refractivity contribution >= 4 is 11.3 Å². The molecule has 92 valence electrons. The Morgan fingerprint density at radius 3 is 3.00 bits per heavy atom. The summed E-state index contributed by atoms with van der Waals surface area (Å²) in [6.07, 6.45) is 6.83. The monoisotopic (exact) mass is 250 g/mol. The van der Waals surface area contributed by atoms with Gasteiger partial charge in [-0.1, -0.05) is 13.8 Å². The number of nitrogens with one attached hydrogen (secondary N) is 1. The molecule has 0 amide bonds. The second-order valence-electron chi connectivity index (χ2n) is 3.88. The molecule has 0 aliphatic heterocycles. The van der Waals surface area contributed by atoms with Gasteiger partial charge in [0.1, 0.15) is 5.01 Å². The highest BCUT2D eigenvalue weighted by Gasteiger charge is 2.09. The zero-order chi connectivity index (χ0) is 12.1. The third-order valence-electron chi connectivity index (χ3n) is 2.50. The Kier molecular flexibility index (Phi) is 4.28. The van der Waals surface area contributed by atoms with Gasteiger partial charge >= 0.3 is 0 Å². The first-order valence-electron chi connectivity index (χ1n) is 6.01. The topological polar surface area (TPSA) is 42.7 Å². The van der Waals surface area contributed by atoms with Crippen molar-refractivity contribution < 1.29 is 0 Å². The van der Waals surface area contributed by atoms with Crippen molar-refractivity contribution in [2.24, 2.45) is 0 Å². The molecule has 0 radical (unpaired) electrons. The van der Waals surface area contributed by atoms with Gasteiger partial charge in [0.2, 0.25) is 0 Å². The van der Waals surface area contributed by atoms with E-state index in [-0.39, 0.29) is 0 Å². The van der Waals surface area contributed by atoms with Crippen molar-refractivity contribution in [3.05, 3.63) is 23.6 Å². The molecule has 0 aromatic carbocycles. The molecule has 0 fully saturated rings. The zero-order valence-electron chi connectivity index (χ0n) is 10.3. The van der Waals surface area contributed by atoms with E-state index in [0.29, 0.717) is 0 Å². The van der Waals surface area contributed by atoms with E-state index in [2.05, 4.69) is 33.7 Å². The van der Waals surface area contributed by atoms with E-state index in [9.17, 15) is 0 Å². The molecule has 0 atom stereocenters. The Bertz CT molecular complexity index is 461. The number of aryl methyl sites for hydroxylation is 1. The molecule has 1 N–H and O–H groups in total. The highest BCUT2D eigenvalue weighted by Crippen LogP contribution is 2.24. The first kappa shape index (κ1) is 12.3. The van der Waals surface area contributed by atoms with E-state index in [0.717, 1.165) is 36.8 Å². The fourth-order valence-electron chi connectivity index (χ4n) is 1.67. The lowest BCUT2D eigenvalue weighted by Crippen LogP contribution is -2.10. The summed E-state index contributed by atoms with van der Waals surface area (Å²) in [5.41, 5.74) is 1.12. The van der Waals surface area contributed by atoms with Crippen LogP contribution < -0.4 is 5.32 Å². The molecule has 0 aliphatic carbocycles. The number of hydrogen-bond donors (Lipinski definition) is 1. The Labute approximate surface area is 106 Å². The smallest absolute Gasteiger partial charge is 0.141 e. The fraction of sp³-hybridized carbons (Fsp3) is 0.500. The minimum atomic E-state index is 0.899. The molecule has 2 rings (SSSR count). The van der Waals surface area contributed by atoms with Crippen LogP contribution in [0.15, 0.2) is 18.7 Å². The molecular formula is C12H18N4S. The maximum atomic E-state index is 4.47. The van der Waals surface area contributed by atoms with Crippen LogP contribution in [0.2, 0.25) is 0 Å². The Morgan fingerprint density at radius 1 is 1.35 bits per heavy atom. The zero-order valence-corrected chi connectivity index (χ0v) is 11.1. The molecule has 17 heavy (non-hydrogen) atoms. The number of aromatic nitrogens is 3. The van der Waals surface area contributed by atoms with Crippen LogP contribution in [0, 0.1) is 0 Å². The molecular weight excluding hydrogens is 232 g/mol. The van der Waals surface area contributed by atoms with Crippen LogP contribution in [-0.4, -0.2) is 21.1 Å². The van der Waals surface area contributed by atoms with E-state index < -0.39 is 0 Å². The van der Waals surface area contributed by atoms with Crippen molar-refractivity contribution in [2.75, 3.05) is 6.54 Å². The summed E-state index contributed by atoms with van der Waals surface area (Å²) in [4.78, 5) is 9.94. The summed E-state index contributed by atoms with van der Waals surface area (Å²) < 4.78 is 2.16. The second kappa shape index (κ2) is 5.93. The summed E-state index contributed by atoms with van der Waals surface area (Å²) in [6, 6.07) is 0. The fourth-order valence-corrected chi connectivity index (χ4v) is 2.58.